The van der Waals surface area contributed by atoms with Gasteiger partial charge >= 0.3 is 0 Å². The molecule has 2 aromatic rings. The fourth-order valence-corrected chi connectivity index (χ4v) is 4.83. The summed E-state index contributed by atoms with van der Waals surface area (Å²) in [6.07, 6.45) is 2.84. The maximum Gasteiger partial charge on any atom is 0.175 e. The second kappa shape index (κ2) is 5.65. The Morgan fingerprint density at radius 3 is 2.63 bits per heavy atom. The van der Waals surface area contributed by atoms with Gasteiger partial charge in [-0.1, -0.05) is 24.3 Å². The van der Waals surface area contributed by atoms with Gasteiger partial charge in [0.15, 0.2) is 9.84 Å². The van der Waals surface area contributed by atoms with E-state index in [4.69, 9.17) is 4.74 Å². The summed E-state index contributed by atoms with van der Waals surface area (Å²) in [4.78, 5) is 0. The van der Waals surface area contributed by atoms with Crippen LogP contribution >= 0.6 is 0 Å². The zero-order valence-electron chi connectivity index (χ0n) is 14.1. The molecule has 0 aromatic heterocycles. The van der Waals surface area contributed by atoms with Crippen LogP contribution in [0.4, 0.5) is 5.69 Å². The van der Waals surface area contributed by atoms with E-state index in [1.165, 1.54) is 5.41 Å². The van der Waals surface area contributed by atoms with Gasteiger partial charge in [0.1, 0.15) is 18.1 Å². The number of allylic oxidation sites excluding steroid dienone is 1. The first-order chi connectivity index (χ1) is 13.0. The van der Waals surface area contributed by atoms with Gasteiger partial charge in [0.2, 0.25) is 0 Å². The Morgan fingerprint density at radius 2 is 1.81 bits per heavy atom. The Balaban J connectivity index is 1.64. The molecule has 0 saturated heterocycles. The predicted octanol–water partition coefficient (Wildman–Crippen LogP) is 2.93. The zero-order chi connectivity index (χ0) is 18.6. The molecule has 5 rings (SSSR count). The number of benzene rings is 2. The SMILES string of the molecule is O=S1(=O)C=CC2OC=C3NNc4cc(-c5ccc(O)cc5)ccc4C3=C2C1. The molecule has 0 spiro atoms. The van der Waals surface area contributed by atoms with E-state index in [2.05, 4.69) is 10.9 Å². The van der Waals surface area contributed by atoms with Crippen LogP contribution in [-0.2, 0) is 14.6 Å². The van der Waals surface area contributed by atoms with E-state index < -0.39 is 9.84 Å². The highest BCUT2D eigenvalue weighted by Gasteiger charge is 2.34. The summed E-state index contributed by atoms with van der Waals surface area (Å²) < 4.78 is 29.9. The maximum atomic E-state index is 12.1. The summed E-state index contributed by atoms with van der Waals surface area (Å²) in [7, 11) is -3.28. The second-order valence-electron chi connectivity index (χ2n) is 6.68. The minimum absolute atomic E-state index is 0.0539. The topological polar surface area (TPSA) is 87.7 Å². The van der Waals surface area contributed by atoms with E-state index in [0.29, 0.717) is 0 Å². The lowest BCUT2D eigenvalue weighted by Gasteiger charge is -2.34. The molecule has 0 saturated carbocycles. The third-order valence-electron chi connectivity index (χ3n) is 4.91. The zero-order valence-corrected chi connectivity index (χ0v) is 15.0. The Hall–Kier alpha value is -3.19. The molecular weight excluding hydrogens is 364 g/mol. The van der Waals surface area contributed by atoms with E-state index in [-0.39, 0.29) is 17.6 Å². The number of anilines is 1. The Labute approximate surface area is 156 Å². The van der Waals surface area contributed by atoms with Crippen molar-refractivity contribution < 1.29 is 18.3 Å². The Bertz CT molecular complexity index is 1150. The summed E-state index contributed by atoms with van der Waals surface area (Å²) in [6.45, 7) is 0. The normalized spacial score (nSPS) is 21.6. The molecule has 27 heavy (non-hydrogen) atoms. The highest BCUT2D eigenvalue weighted by Crippen LogP contribution is 2.41. The van der Waals surface area contributed by atoms with Gasteiger partial charge in [-0.25, -0.2) is 8.42 Å². The van der Waals surface area contributed by atoms with Crippen molar-refractivity contribution in [3.63, 3.8) is 0 Å². The van der Waals surface area contributed by atoms with Gasteiger partial charge in [-0.3, -0.25) is 5.43 Å². The number of sulfone groups is 1. The van der Waals surface area contributed by atoms with Crippen LogP contribution in [0.25, 0.3) is 16.7 Å². The number of hydrogen-bond donors (Lipinski definition) is 3. The molecule has 0 radical (unpaired) electrons. The first-order valence-corrected chi connectivity index (χ1v) is 10.2. The first-order valence-electron chi connectivity index (χ1n) is 8.46. The number of ether oxygens (including phenoxy) is 1. The molecule has 0 fully saturated rings. The van der Waals surface area contributed by atoms with Crippen molar-refractivity contribution in [1.29, 1.82) is 0 Å². The maximum absolute atomic E-state index is 12.1. The molecule has 1 atom stereocenters. The van der Waals surface area contributed by atoms with Crippen molar-refractivity contribution in [2.45, 2.75) is 6.10 Å². The van der Waals surface area contributed by atoms with E-state index in [0.717, 1.165) is 39.2 Å². The lowest BCUT2D eigenvalue weighted by atomic mass is 9.89. The molecule has 0 aliphatic carbocycles. The minimum Gasteiger partial charge on any atom is -0.508 e. The molecule has 3 aliphatic rings. The number of aromatic hydroxyl groups is 1. The third kappa shape index (κ3) is 2.67. The smallest absolute Gasteiger partial charge is 0.175 e. The Morgan fingerprint density at radius 1 is 1.04 bits per heavy atom. The van der Waals surface area contributed by atoms with Crippen LogP contribution in [0.1, 0.15) is 5.56 Å². The number of fused-ring (bicyclic) bond motifs is 4. The summed E-state index contributed by atoms with van der Waals surface area (Å²) >= 11 is 0. The highest BCUT2D eigenvalue weighted by atomic mass is 32.2. The van der Waals surface area contributed by atoms with Gasteiger partial charge in [-0.15, -0.1) is 0 Å². The van der Waals surface area contributed by atoms with Crippen LogP contribution in [-0.4, -0.2) is 25.4 Å². The second-order valence-corrected chi connectivity index (χ2v) is 8.57. The number of hydrazine groups is 1. The molecule has 2 aromatic carbocycles. The van der Waals surface area contributed by atoms with Crippen LogP contribution in [0.5, 0.6) is 5.75 Å². The number of nitrogens with one attached hydrogen (secondary N) is 2. The molecule has 0 amide bonds. The molecule has 3 aliphatic heterocycles. The largest absolute Gasteiger partial charge is 0.508 e. The quantitative estimate of drug-likeness (QED) is 0.705. The van der Waals surface area contributed by atoms with E-state index in [1.54, 1.807) is 24.5 Å². The van der Waals surface area contributed by atoms with Crippen LogP contribution in [0, 0.1) is 0 Å². The minimum atomic E-state index is -3.28. The molecule has 3 N–H and O–H groups in total. The average Bonchev–Trinajstić information content (AvgIpc) is 2.67. The summed E-state index contributed by atoms with van der Waals surface area (Å²) in [5.41, 5.74) is 12.3. The molecule has 7 heteroatoms. The molecule has 1 unspecified atom stereocenters. The van der Waals surface area contributed by atoms with Gasteiger partial charge in [0.05, 0.1) is 17.1 Å². The van der Waals surface area contributed by atoms with Crippen molar-refractivity contribution in [2.24, 2.45) is 0 Å². The highest BCUT2D eigenvalue weighted by molar-refractivity contribution is 7.94. The van der Waals surface area contributed by atoms with E-state index in [9.17, 15) is 13.5 Å². The van der Waals surface area contributed by atoms with E-state index in [1.807, 2.05) is 30.3 Å². The third-order valence-corrected chi connectivity index (χ3v) is 6.19. The number of phenolic OH excluding ortho intramolecular Hbond substituents is 1. The van der Waals surface area contributed by atoms with Gasteiger partial charge in [0, 0.05) is 16.5 Å². The van der Waals surface area contributed by atoms with Crippen LogP contribution in [0.15, 0.2) is 71.5 Å². The number of rotatable bonds is 1. The van der Waals surface area contributed by atoms with Gasteiger partial charge in [-0.2, -0.15) is 0 Å². The van der Waals surface area contributed by atoms with Gasteiger partial charge in [-0.05, 0) is 41.0 Å². The molecule has 0 bridgehead atoms. The number of phenols is 1. The van der Waals surface area contributed by atoms with Crippen molar-refractivity contribution in [3.05, 3.63) is 77.0 Å². The van der Waals surface area contributed by atoms with Gasteiger partial charge < -0.3 is 15.3 Å². The van der Waals surface area contributed by atoms with Crippen LogP contribution in [0.3, 0.4) is 0 Å². The van der Waals surface area contributed by atoms with Crippen LogP contribution in [0.2, 0.25) is 0 Å². The number of hydrogen-bond acceptors (Lipinski definition) is 6. The fourth-order valence-electron chi connectivity index (χ4n) is 3.61. The summed E-state index contributed by atoms with van der Waals surface area (Å²) in [5.74, 6) is 0.167. The monoisotopic (exact) mass is 380 g/mol. The molecular formula is C20H16N2O4S. The van der Waals surface area contributed by atoms with Crippen molar-refractivity contribution in [1.82, 2.24) is 5.43 Å². The average molecular weight is 380 g/mol. The van der Waals surface area contributed by atoms with E-state index >= 15 is 0 Å². The van der Waals surface area contributed by atoms with Crippen molar-refractivity contribution in [2.75, 3.05) is 11.2 Å². The lowest BCUT2D eigenvalue weighted by Crippen LogP contribution is -2.34. The summed E-state index contributed by atoms with van der Waals surface area (Å²) in [6, 6.07) is 13.0. The molecule has 3 heterocycles. The van der Waals surface area contributed by atoms with Crippen molar-refractivity contribution in [3.8, 4) is 16.9 Å². The predicted molar refractivity (Wildman–Crippen MR) is 103 cm³/mol. The van der Waals surface area contributed by atoms with Gasteiger partial charge in [0.25, 0.3) is 0 Å². The first kappa shape index (κ1) is 16.0. The standard InChI is InChI=1S/C20H16N2O4S/c23-14-4-1-12(2-5-14)13-3-6-15-17(9-13)21-22-18-10-26-19-7-8-27(24,25)11-16(19)20(15)18/h1-10,19,21-23H,11H2. The lowest BCUT2D eigenvalue weighted by molar-refractivity contribution is 0.209. The summed E-state index contributed by atoms with van der Waals surface area (Å²) in [5, 5.41) is 10.7. The van der Waals surface area contributed by atoms with Crippen LogP contribution < -0.4 is 10.9 Å². The fraction of sp³-hybridized carbons (Fsp3) is 0.100. The Kier molecular flexibility index (Phi) is 3.35. The molecule has 136 valence electrons. The van der Waals surface area contributed by atoms with Crippen molar-refractivity contribution >= 4 is 21.1 Å². The molecule has 6 nitrogen and oxygen atoms in total.